The Labute approximate surface area is 111 Å². The van der Waals surface area contributed by atoms with E-state index in [1.807, 2.05) is 17.5 Å². The van der Waals surface area contributed by atoms with E-state index in [-0.39, 0.29) is 11.9 Å². The zero-order valence-corrected chi connectivity index (χ0v) is 11.3. The molecular weight excluding hydrogens is 305 g/mol. The van der Waals surface area contributed by atoms with Gasteiger partial charge >= 0.3 is 0 Å². The second kappa shape index (κ2) is 5.62. The van der Waals surface area contributed by atoms with Gasteiger partial charge in [-0.05, 0) is 45.6 Å². The van der Waals surface area contributed by atoms with Crippen LogP contribution < -0.4 is 10.5 Å². The molecule has 0 fully saturated rings. The molecule has 90 valence electrons. The fourth-order valence-corrected chi connectivity index (χ4v) is 2.54. The van der Waals surface area contributed by atoms with E-state index in [1.54, 1.807) is 23.5 Å². The molecule has 0 radical (unpaired) electrons. The lowest BCUT2D eigenvalue weighted by Crippen LogP contribution is -2.17. The lowest BCUT2D eigenvalue weighted by molar-refractivity contribution is 0.217. The smallest absolute Gasteiger partial charge is 0.145 e. The van der Waals surface area contributed by atoms with Gasteiger partial charge in [0.25, 0.3) is 0 Å². The number of hydrogen-bond acceptors (Lipinski definition) is 3. The molecule has 1 unspecified atom stereocenters. The standard InChI is InChI=1S/C12H11BrFNOS/c13-9-6-8(3-4-10(9)14)16-11(7-15)12-2-1-5-17-12/h1-6,11H,7,15H2. The lowest BCUT2D eigenvalue weighted by Gasteiger charge is -2.16. The van der Waals surface area contributed by atoms with Crippen molar-refractivity contribution in [1.29, 1.82) is 0 Å². The van der Waals surface area contributed by atoms with Crippen molar-refractivity contribution in [2.45, 2.75) is 6.10 Å². The summed E-state index contributed by atoms with van der Waals surface area (Å²) >= 11 is 4.71. The molecule has 0 aliphatic heterocycles. The molecule has 0 spiro atoms. The molecule has 0 amide bonds. The van der Waals surface area contributed by atoms with Crippen molar-refractivity contribution in [2.24, 2.45) is 5.73 Å². The largest absolute Gasteiger partial charge is 0.484 e. The van der Waals surface area contributed by atoms with Gasteiger partial charge in [-0.1, -0.05) is 6.07 Å². The molecule has 1 heterocycles. The van der Waals surface area contributed by atoms with Crippen LogP contribution in [0.3, 0.4) is 0 Å². The molecule has 2 rings (SSSR count). The Morgan fingerprint density at radius 2 is 2.24 bits per heavy atom. The number of ether oxygens (including phenoxy) is 1. The molecule has 2 aromatic rings. The molecule has 0 aliphatic rings. The van der Waals surface area contributed by atoms with Gasteiger partial charge < -0.3 is 10.5 Å². The van der Waals surface area contributed by atoms with Crippen molar-refractivity contribution in [3.05, 3.63) is 50.9 Å². The van der Waals surface area contributed by atoms with Gasteiger partial charge in [-0.3, -0.25) is 0 Å². The molecule has 5 heteroatoms. The van der Waals surface area contributed by atoms with Gasteiger partial charge in [0, 0.05) is 11.4 Å². The second-order valence-electron chi connectivity index (χ2n) is 3.43. The summed E-state index contributed by atoms with van der Waals surface area (Å²) in [6, 6.07) is 8.48. The number of nitrogens with two attached hydrogens (primary N) is 1. The lowest BCUT2D eigenvalue weighted by atomic mass is 10.3. The van der Waals surface area contributed by atoms with Gasteiger partial charge in [0.15, 0.2) is 0 Å². The van der Waals surface area contributed by atoms with Crippen LogP contribution in [0.5, 0.6) is 5.75 Å². The van der Waals surface area contributed by atoms with E-state index in [9.17, 15) is 4.39 Å². The van der Waals surface area contributed by atoms with Crippen LogP contribution in [0, 0.1) is 5.82 Å². The Bertz CT molecular complexity index is 489. The normalized spacial score (nSPS) is 12.4. The number of hydrogen-bond donors (Lipinski definition) is 1. The molecule has 1 aromatic carbocycles. The Morgan fingerprint density at radius 3 is 2.82 bits per heavy atom. The first kappa shape index (κ1) is 12.5. The SMILES string of the molecule is NCC(Oc1ccc(F)c(Br)c1)c1cccs1. The van der Waals surface area contributed by atoms with Gasteiger partial charge in [-0.15, -0.1) is 11.3 Å². The van der Waals surface area contributed by atoms with E-state index < -0.39 is 0 Å². The summed E-state index contributed by atoms with van der Waals surface area (Å²) in [6.07, 6.45) is -0.188. The minimum Gasteiger partial charge on any atom is -0.484 e. The maximum absolute atomic E-state index is 13.1. The van der Waals surface area contributed by atoms with Crippen molar-refractivity contribution in [1.82, 2.24) is 0 Å². The van der Waals surface area contributed by atoms with Crippen LogP contribution in [0.15, 0.2) is 40.2 Å². The van der Waals surface area contributed by atoms with Crippen molar-refractivity contribution >= 4 is 27.3 Å². The predicted octanol–water partition coefficient (Wildman–Crippen LogP) is 3.73. The molecule has 0 bridgehead atoms. The van der Waals surface area contributed by atoms with E-state index in [4.69, 9.17) is 10.5 Å². The average Bonchev–Trinajstić information content (AvgIpc) is 2.84. The third kappa shape index (κ3) is 3.06. The zero-order valence-electron chi connectivity index (χ0n) is 8.90. The summed E-state index contributed by atoms with van der Waals surface area (Å²) in [5.74, 6) is 0.292. The van der Waals surface area contributed by atoms with Crippen LogP contribution in [0.1, 0.15) is 11.0 Å². The highest BCUT2D eigenvalue weighted by Gasteiger charge is 2.13. The Morgan fingerprint density at radius 1 is 1.41 bits per heavy atom. The van der Waals surface area contributed by atoms with Crippen LogP contribution in [0.2, 0.25) is 0 Å². The van der Waals surface area contributed by atoms with Gasteiger partial charge in [-0.2, -0.15) is 0 Å². The van der Waals surface area contributed by atoms with Crippen LogP contribution in [0.4, 0.5) is 4.39 Å². The zero-order chi connectivity index (χ0) is 12.3. The number of rotatable bonds is 4. The highest BCUT2D eigenvalue weighted by molar-refractivity contribution is 9.10. The van der Waals surface area contributed by atoms with Crippen molar-refractivity contribution < 1.29 is 9.13 Å². The first-order chi connectivity index (χ1) is 8.20. The summed E-state index contributed by atoms with van der Waals surface area (Å²) in [7, 11) is 0. The van der Waals surface area contributed by atoms with Gasteiger partial charge in [0.05, 0.1) is 4.47 Å². The summed E-state index contributed by atoms with van der Waals surface area (Å²) in [4.78, 5) is 1.06. The molecule has 17 heavy (non-hydrogen) atoms. The summed E-state index contributed by atoms with van der Waals surface area (Å²) < 4.78 is 19.2. The van der Waals surface area contributed by atoms with Crippen LogP contribution >= 0.6 is 27.3 Å². The molecule has 2 nitrogen and oxygen atoms in total. The minimum absolute atomic E-state index is 0.188. The Balaban J connectivity index is 2.16. The van der Waals surface area contributed by atoms with Crippen LogP contribution in [0.25, 0.3) is 0 Å². The molecule has 0 saturated carbocycles. The van der Waals surface area contributed by atoms with E-state index in [2.05, 4.69) is 15.9 Å². The number of benzene rings is 1. The molecule has 1 atom stereocenters. The Kier molecular flexibility index (Phi) is 4.15. The predicted molar refractivity (Wildman–Crippen MR) is 70.8 cm³/mol. The first-order valence-corrected chi connectivity index (χ1v) is 6.73. The maximum Gasteiger partial charge on any atom is 0.145 e. The topological polar surface area (TPSA) is 35.2 Å². The number of thiophene rings is 1. The molecule has 1 aromatic heterocycles. The van der Waals surface area contributed by atoms with Gasteiger partial charge in [0.2, 0.25) is 0 Å². The first-order valence-electron chi connectivity index (χ1n) is 5.06. The molecule has 2 N–H and O–H groups in total. The van der Waals surface area contributed by atoms with E-state index in [0.717, 1.165) is 4.88 Å². The van der Waals surface area contributed by atoms with E-state index in [0.29, 0.717) is 16.8 Å². The number of halogens is 2. The van der Waals surface area contributed by atoms with Gasteiger partial charge in [-0.25, -0.2) is 4.39 Å². The third-order valence-corrected chi connectivity index (χ3v) is 3.82. The monoisotopic (exact) mass is 315 g/mol. The molecule has 0 aliphatic carbocycles. The van der Waals surface area contributed by atoms with E-state index >= 15 is 0 Å². The van der Waals surface area contributed by atoms with Crippen molar-refractivity contribution in [3.63, 3.8) is 0 Å². The van der Waals surface area contributed by atoms with Crippen molar-refractivity contribution in [3.8, 4) is 5.75 Å². The third-order valence-electron chi connectivity index (χ3n) is 2.24. The van der Waals surface area contributed by atoms with Crippen LogP contribution in [-0.2, 0) is 0 Å². The second-order valence-corrected chi connectivity index (χ2v) is 5.27. The fraction of sp³-hybridized carbons (Fsp3) is 0.167. The van der Waals surface area contributed by atoms with Crippen molar-refractivity contribution in [2.75, 3.05) is 6.54 Å². The maximum atomic E-state index is 13.1. The van der Waals surface area contributed by atoms with Gasteiger partial charge in [0.1, 0.15) is 17.7 Å². The van der Waals surface area contributed by atoms with Crippen LogP contribution in [-0.4, -0.2) is 6.54 Å². The quantitative estimate of drug-likeness (QED) is 0.933. The Hall–Kier alpha value is -0.910. The summed E-state index contributed by atoms with van der Waals surface area (Å²) in [5, 5.41) is 1.97. The van der Waals surface area contributed by atoms with E-state index in [1.165, 1.54) is 6.07 Å². The highest BCUT2D eigenvalue weighted by atomic mass is 79.9. The molecule has 0 saturated heterocycles. The highest BCUT2D eigenvalue weighted by Crippen LogP contribution is 2.27. The summed E-state index contributed by atoms with van der Waals surface area (Å²) in [6.45, 7) is 0.384. The average molecular weight is 316 g/mol. The summed E-state index contributed by atoms with van der Waals surface area (Å²) in [5.41, 5.74) is 5.68. The fourth-order valence-electron chi connectivity index (χ4n) is 1.41. The minimum atomic E-state index is -0.308. The molecular formula is C12H11BrFNOS.